The fraction of sp³-hybridized carbons (Fsp3) is 0.300. The molecule has 3 N–H and O–H groups in total. The summed E-state index contributed by atoms with van der Waals surface area (Å²) in [7, 11) is 0. The van der Waals surface area contributed by atoms with Crippen LogP contribution in [0.25, 0.3) is 0 Å². The van der Waals surface area contributed by atoms with Gasteiger partial charge in [0.2, 0.25) is 5.91 Å². The third kappa shape index (κ3) is 6.24. The third-order valence-corrected chi connectivity index (χ3v) is 6.69. The molecule has 0 aromatic heterocycles. The van der Waals surface area contributed by atoms with Crippen molar-refractivity contribution in [3.8, 4) is 0 Å². The van der Waals surface area contributed by atoms with Gasteiger partial charge < -0.3 is 15.7 Å². The summed E-state index contributed by atoms with van der Waals surface area (Å²) in [6, 6.07) is 24.8. The van der Waals surface area contributed by atoms with Gasteiger partial charge >= 0.3 is 5.97 Å². The molecule has 7 nitrogen and oxygen atoms in total. The van der Waals surface area contributed by atoms with E-state index in [1.54, 1.807) is 4.90 Å². The van der Waals surface area contributed by atoms with E-state index in [1.807, 2.05) is 78.9 Å². The molecule has 0 aliphatic carbocycles. The highest BCUT2D eigenvalue weighted by atomic mass is 16.4. The molecule has 0 unspecified atom stereocenters. The van der Waals surface area contributed by atoms with Crippen LogP contribution in [0, 0.1) is 0 Å². The molecule has 0 bridgehead atoms. The lowest BCUT2D eigenvalue weighted by Gasteiger charge is -2.33. The molecule has 37 heavy (non-hydrogen) atoms. The Hall–Kier alpha value is -3.97. The number of nitrogens with zero attached hydrogens (tertiary/aromatic N) is 2. The monoisotopic (exact) mass is 499 g/mol. The molecule has 0 spiro atoms. The molecule has 7 heteroatoms. The summed E-state index contributed by atoms with van der Waals surface area (Å²) < 4.78 is 0. The smallest absolute Gasteiger partial charge is 0.305 e. The minimum Gasteiger partial charge on any atom is -0.481 e. The summed E-state index contributed by atoms with van der Waals surface area (Å²) in [5.41, 5.74) is 9.43. The van der Waals surface area contributed by atoms with E-state index in [-0.39, 0.29) is 31.3 Å². The molecular formula is C30H33N3O4. The van der Waals surface area contributed by atoms with Crippen LogP contribution >= 0.6 is 0 Å². The number of aliphatic carboxylic acids is 1. The van der Waals surface area contributed by atoms with Crippen LogP contribution in [-0.2, 0) is 16.0 Å². The summed E-state index contributed by atoms with van der Waals surface area (Å²) in [5, 5.41) is 9.24. The zero-order valence-corrected chi connectivity index (χ0v) is 20.9. The van der Waals surface area contributed by atoms with Crippen LogP contribution < -0.4 is 10.6 Å². The predicted molar refractivity (Wildman–Crippen MR) is 143 cm³/mol. The van der Waals surface area contributed by atoms with E-state index in [0.717, 1.165) is 42.4 Å². The highest BCUT2D eigenvalue weighted by molar-refractivity contribution is 6.10. The zero-order chi connectivity index (χ0) is 26.2. The number of aryl methyl sites for hydroxylation is 1. The first-order valence-corrected chi connectivity index (χ1v) is 12.8. The van der Waals surface area contributed by atoms with E-state index in [1.165, 1.54) is 4.90 Å². The van der Waals surface area contributed by atoms with Gasteiger partial charge in [-0.1, -0.05) is 73.2 Å². The average molecular weight is 500 g/mol. The molecule has 0 saturated heterocycles. The maximum atomic E-state index is 13.9. The number of anilines is 1. The quantitative estimate of drug-likeness (QED) is 0.380. The van der Waals surface area contributed by atoms with Crippen molar-refractivity contribution in [3.05, 3.63) is 101 Å². The van der Waals surface area contributed by atoms with Gasteiger partial charge in [-0.05, 0) is 54.6 Å². The predicted octanol–water partition coefficient (Wildman–Crippen LogP) is 4.41. The molecule has 1 heterocycles. The van der Waals surface area contributed by atoms with E-state index in [9.17, 15) is 19.5 Å². The van der Waals surface area contributed by atoms with Gasteiger partial charge in [0.15, 0.2) is 0 Å². The minimum absolute atomic E-state index is 0.0325. The van der Waals surface area contributed by atoms with Crippen molar-refractivity contribution in [2.24, 2.45) is 5.73 Å². The van der Waals surface area contributed by atoms with Crippen molar-refractivity contribution in [2.75, 3.05) is 24.5 Å². The van der Waals surface area contributed by atoms with Crippen molar-refractivity contribution in [2.45, 2.75) is 38.1 Å². The van der Waals surface area contributed by atoms with Crippen molar-refractivity contribution in [3.63, 3.8) is 0 Å². The van der Waals surface area contributed by atoms with Crippen molar-refractivity contribution < 1.29 is 19.5 Å². The van der Waals surface area contributed by atoms with Gasteiger partial charge in [0.05, 0.1) is 23.7 Å². The number of carboxylic acid groups (broad SMARTS) is 1. The second kappa shape index (κ2) is 12.3. The fourth-order valence-corrected chi connectivity index (χ4v) is 4.84. The standard InChI is InChI=1S/C30H33N3O4/c31-18-9-3-4-10-22-15-16-26-25(20-22)30(37)32(19-17-28(35)36)21-27(34)33(26)29(23-11-5-1-6-12-23)24-13-7-2-8-14-24/h1-2,5-8,11-16,20,29H,3-4,9-10,17-19,21,31H2,(H,35,36). The Kier molecular flexibility index (Phi) is 8.69. The first-order valence-electron chi connectivity index (χ1n) is 12.8. The van der Waals surface area contributed by atoms with Crippen LogP contribution in [0.4, 0.5) is 5.69 Å². The van der Waals surface area contributed by atoms with E-state index < -0.39 is 12.0 Å². The molecule has 0 saturated carbocycles. The summed E-state index contributed by atoms with van der Waals surface area (Å²) >= 11 is 0. The van der Waals surface area contributed by atoms with Crippen LogP contribution in [-0.4, -0.2) is 47.4 Å². The number of hydrogen-bond acceptors (Lipinski definition) is 4. The average Bonchev–Trinajstić information content (AvgIpc) is 3.01. The highest BCUT2D eigenvalue weighted by Gasteiger charge is 2.36. The summed E-state index contributed by atoms with van der Waals surface area (Å²) in [6.45, 7) is 0.427. The molecule has 0 atom stereocenters. The van der Waals surface area contributed by atoms with Gasteiger partial charge in [-0.25, -0.2) is 0 Å². The molecule has 192 valence electrons. The Morgan fingerprint density at radius 3 is 2.14 bits per heavy atom. The summed E-state index contributed by atoms with van der Waals surface area (Å²) in [4.78, 5) is 41.9. The zero-order valence-electron chi connectivity index (χ0n) is 20.9. The van der Waals surface area contributed by atoms with Crippen LogP contribution in [0.3, 0.4) is 0 Å². The van der Waals surface area contributed by atoms with Gasteiger partial charge in [0.25, 0.3) is 5.91 Å². The molecular weight excluding hydrogens is 466 g/mol. The maximum absolute atomic E-state index is 13.9. The molecule has 0 radical (unpaired) electrons. The molecule has 2 amide bonds. The van der Waals surface area contributed by atoms with Crippen molar-refractivity contribution >= 4 is 23.5 Å². The third-order valence-electron chi connectivity index (χ3n) is 6.69. The first kappa shape index (κ1) is 26.1. The van der Waals surface area contributed by atoms with Crippen LogP contribution in [0.1, 0.15) is 58.8 Å². The fourth-order valence-electron chi connectivity index (χ4n) is 4.84. The minimum atomic E-state index is -1.01. The lowest BCUT2D eigenvalue weighted by molar-refractivity contribution is -0.137. The van der Waals surface area contributed by atoms with Crippen LogP contribution in [0.5, 0.6) is 0 Å². The maximum Gasteiger partial charge on any atom is 0.305 e. The van der Waals surface area contributed by atoms with E-state index >= 15 is 0 Å². The number of carbonyl (C=O) groups is 3. The number of rotatable bonds is 11. The number of amides is 2. The molecule has 1 aliphatic heterocycles. The van der Waals surface area contributed by atoms with E-state index in [4.69, 9.17) is 5.73 Å². The summed E-state index contributed by atoms with van der Waals surface area (Å²) in [6.07, 6.45) is 3.47. The lowest BCUT2D eigenvalue weighted by atomic mass is 9.95. The van der Waals surface area contributed by atoms with Crippen molar-refractivity contribution in [1.82, 2.24) is 4.90 Å². The van der Waals surface area contributed by atoms with E-state index in [2.05, 4.69) is 0 Å². The van der Waals surface area contributed by atoms with Crippen molar-refractivity contribution in [1.29, 1.82) is 0 Å². The number of unbranched alkanes of at least 4 members (excludes halogenated alkanes) is 2. The number of hydrogen-bond donors (Lipinski definition) is 2. The van der Waals surface area contributed by atoms with Gasteiger partial charge in [-0.15, -0.1) is 0 Å². The van der Waals surface area contributed by atoms with Crippen LogP contribution in [0.15, 0.2) is 78.9 Å². The number of carbonyl (C=O) groups excluding carboxylic acids is 2. The molecule has 0 fully saturated rings. The van der Waals surface area contributed by atoms with Gasteiger partial charge in [-0.2, -0.15) is 0 Å². The Morgan fingerprint density at radius 2 is 1.54 bits per heavy atom. The number of carboxylic acids is 1. The Balaban J connectivity index is 1.81. The first-order chi connectivity index (χ1) is 18.0. The lowest BCUT2D eigenvalue weighted by Crippen LogP contribution is -2.42. The second-order valence-corrected chi connectivity index (χ2v) is 9.31. The number of benzene rings is 3. The van der Waals surface area contributed by atoms with Gasteiger partial charge in [0, 0.05) is 6.54 Å². The van der Waals surface area contributed by atoms with E-state index in [0.29, 0.717) is 17.8 Å². The van der Waals surface area contributed by atoms with Gasteiger partial charge in [-0.3, -0.25) is 19.3 Å². The second-order valence-electron chi connectivity index (χ2n) is 9.31. The molecule has 3 aromatic carbocycles. The normalized spacial score (nSPS) is 13.6. The molecule has 3 aromatic rings. The SMILES string of the molecule is NCCCCCc1ccc2c(c1)C(=O)N(CCC(=O)O)CC(=O)N2C(c1ccccc1)c1ccccc1. The Labute approximate surface area is 217 Å². The number of fused-ring (bicyclic) bond motifs is 1. The molecule has 1 aliphatic rings. The topological polar surface area (TPSA) is 104 Å². The largest absolute Gasteiger partial charge is 0.481 e. The Morgan fingerprint density at radius 1 is 0.892 bits per heavy atom. The van der Waals surface area contributed by atoms with Crippen LogP contribution in [0.2, 0.25) is 0 Å². The molecule has 4 rings (SSSR count). The summed E-state index contributed by atoms with van der Waals surface area (Å²) in [5.74, 6) is -1.59. The Bertz CT molecular complexity index is 1190. The van der Waals surface area contributed by atoms with Gasteiger partial charge in [0.1, 0.15) is 6.54 Å². The number of nitrogens with two attached hydrogens (primary N) is 1. The highest BCUT2D eigenvalue weighted by Crippen LogP contribution is 2.37.